The summed E-state index contributed by atoms with van der Waals surface area (Å²) in [7, 11) is -2.53. The molecule has 0 radical (unpaired) electrons. The van der Waals surface area contributed by atoms with Crippen molar-refractivity contribution in [3.8, 4) is 0 Å². The Balaban J connectivity index is 3.23. The summed E-state index contributed by atoms with van der Waals surface area (Å²) in [6, 6.07) is 6.97. The molecule has 0 aliphatic rings. The first-order valence-corrected chi connectivity index (χ1v) is 6.79. The fourth-order valence-electron chi connectivity index (χ4n) is 1.07. The predicted octanol–water partition coefficient (Wildman–Crippen LogP) is 2.58. The van der Waals surface area contributed by atoms with E-state index in [9.17, 15) is 8.42 Å². The van der Waals surface area contributed by atoms with Gasteiger partial charge in [-0.15, -0.1) is 0 Å². The molecule has 0 bridgehead atoms. The molecular weight excluding hydrogens is 228 g/mol. The van der Waals surface area contributed by atoms with Gasteiger partial charge in [-0.05, 0) is 19.1 Å². The van der Waals surface area contributed by atoms with Crippen LogP contribution in [0.15, 0.2) is 57.5 Å². The fourth-order valence-corrected chi connectivity index (χ4v) is 3.09. The molecule has 0 aliphatic heterocycles. The zero-order valence-corrected chi connectivity index (χ0v) is 10.0. The van der Waals surface area contributed by atoms with Gasteiger partial charge in [0.05, 0.1) is 31.4 Å². The highest BCUT2D eigenvalue weighted by molar-refractivity contribution is 7.91. The average molecular weight is 240 g/mol. The summed E-state index contributed by atoms with van der Waals surface area (Å²) in [6.07, 6.45) is 1.71. The molecule has 2 unspecified atom stereocenters. The van der Waals surface area contributed by atoms with Crippen LogP contribution >= 0.6 is 0 Å². The third-order valence-corrected chi connectivity index (χ3v) is 4.22. The van der Waals surface area contributed by atoms with Crippen molar-refractivity contribution in [2.24, 2.45) is 0 Å². The molecule has 0 saturated carbocycles. The number of rotatable bonds is 4. The smallest absolute Gasteiger partial charge is 0.0785 e. The minimum Gasteiger partial charge on any atom is -0.250 e. The molecule has 0 fully saturated rings. The average Bonchev–Trinajstić information content (AvgIpc) is 2.28. The number of benzene rings is 1. The lowest BCUT2D eigenvalue weighted by molar-refractivity contribution is 0.680. The van der Waals surface area contributed by atoms with Crippen LogP contribution in [0.4, 0.5) is 0 Å². The molecule has 0 spiro atoms. The van der Waals surface area contributed by atoms with Gasteiger partial charge in [0.1, 0.15) is 0 Å². The molecule has 0 aliphatic carbocycles. The second kappa shape index (κ2) is 5.78. The van der Waals surface area contributed by atoms with Gasteiger partial charge in [-0.25, -0.2) is 8.42 Å². The van der Waals surface area contributed by atoms with Gasteiger partial charge >= 0.3 is 0 Å². The number of hydrogen-bond donors (Lipinski definition) is 0. The van der Waals surface area contributed by atoms with Gasteiger partial charge in [-0.3, -0.25) is 0 Å². The molecule has 0 saturated heterocycles. The molecule has 0 N–H and O–H groups in total. The lowest BCUT2D eigenvalue weighted by atomic mass is 10.4. The van der Waals surface area contributed by atoms with Gasteiger partial charge in [0.15, 0.2) is 0 Å². The molecule has 15 heavy (non-hydrogen) atoms. The second-order valence-corrected chi connectivity index (χ2v) is 5.35. The summed E-state index contributed by atoms with van der Waals surface area (Å²) >= 11 is 0. The summed E-state index contributed by atoms with van der Waals surface area (Å²) in [5.74, 6) is 0. The molecule has 1 aromatic carbocycles. The van der Waals surface area contributed by atoms with Crippen LogP contribution in [0.3, 0.4) is 0 Å². The highest BCUT2D eigenvalue weighted by atomic mass is 32.2. The van der Waals surface area contributed by atoms with Crippen molar-refractivity contribution in [3.05, 3.63) is 47.7 Å². The van der Waals surface area contributed by atoms with E-state index in [-0.39, 0.29) is 0 Å². The van der Waals surface area contributed by atoms with Crippen LogP contribution in [-0.2, 0) is 21.6 Å². The van der Waals surface area contributed by atoms with E-state index in [0.29, 0.717) is 9.79 Å². The van der Waals surface area contributed by atoms with E-state index in [2.05, 4.69) is 6.58 Å². The van der Waals surface area contributed by atoms with Crippen LogP contribution in [0.1, 0.15) is 6.92 Å². The van der Waals surface area contributed by atoms with Gasteiger partial charge < -0.3 is 0 Å². The van der Waals surface area contributed by atoms with E-state index in [0.717, 1.165) is 0 Å². The highest BCUT2D eigenvalue weighted by Crippen LogP contribution is 2.18. The molecule has 0 amide bonds. The van der Waals surface area contributed by atoms with Gasteiger partial charge in [0, 0.05) is 10.8 Å². The maximum Gasteiger partial charge on any atom is 0.0785 e. The van der Waals surface area contributed by atoms with Crippen molar-refractivity contribution in [1.82, 2.24) is 0 Å². The summed E-state index contributed by atoms with van der Waals surface area (Å²) in [5, 5.41) is 2.91. The van der Waals surface area contributed by atoms with E-state index >= 15 is 0 Å². The molecule has 0 aromatic heterocycles. The largest absolute Gasteiger partial charge is 0.250 e. The zero-order chi connectivity index (χ0) is 11.3. The lowest BCUT2D eigenvalue weighted by Gasteiger charge is -2.03. The predicted molar refractivity (Wildman–Crippen MR) is 64.3 cm³/mol. The first-order chi connectivity index (χ1) is 7.20. The Labute approximate surface area is 94.6 Å². The molecule has 1 aromatic rings. The molecule has 2 atom stereocenters. The molecule has 1 rings (SSSR count). The molecule has 0 heterocycles. The molecule has 80 valence electrons. The maximum atomic E-state index is 11.7. The topological polar surface area (TPSA) is 34.1 Å². The van der Waals surface area contributed by atoms with E-state index < -0.39 is 21.6 Å². The third kappa shape index (κ3) is 2.97. The van der Waals surface area contributed by atoms with Gasteiger partial charge in [0.2, 0.25) is 0 Å². The molecule has 4 heteroatoms. The Morgan fingerprint density at radius 1 is 1.13 bits per heavy atom. The molecular formula is C11H12O2S2. The molecule has 2 nitrogen and oxygen atoms in total. The van der Waals surface area contributed by atoms with Crippen LogP contribution in [0.25, 0.3) is 0 Å². The zero-order valence-electron chi connectivity index (χ0n) is 8.38. The van der Waals surface area contributed by atoms with Crippen molar-refractivity contribution < 1.29 is 8.42 Å². The summed E-state index contributed by atoms with van der Waals surface area (Å²) in [6.45, 7) is 5.26. The van der Waals surface area contributed by atoms with Crippen molar-refractivity contribution in [2.75, 3.05) is 0 Å². The Hall–Kier alpha value is -1.00. The highest BCUT2D eigenvalue weighted by Gasteiger charge is 2.09. The van der Waals surface area contributed by atoms with E-state index in [1.165, 1.54) is 5.41 Å². The van der Waals surface area contributed by atoms with Crippen LogP contribution in [0.2, 0.25) is 0 Å². The van der Waals surface area contributed by atoms with Gasteiger partial charge in [-0.2, -0.15) is 0 Å². The van der Waals surface area contributed by atoms with Crippen molar-refractivity contribution >= 4 is 21.6 Å². The first-order valence-electron chi connectivity index (χ1n) is 4.36. The summed E-state index contributed by atoms with van der Waals surface area (Å²) in [5.41, 5.74) is 0. The van der Waals surface area contributed by atoms with Gasteiger partial charge in [-0.1, -0.05) is 24.8 Å². The third-order valence-electron chi connectivity index (χ3n) is 1.69. The van der Waals surface area contributed by atoms with Crippen molar-refractivity contribution in [3.63, 3.8) is 0 Å². The lowest BCUT2D eigenvalue weighted by Crippen LogP contribution is -1.95. The van der Waals surface area contributed by atoms with Crippen molar-refractivity contribution in [2.45, 2.75) is 16.7 Å². The second-order valence-electron chi connectivity index (χ2n) is 2.68. The van der Waals surface area contributed by atoms with E-state index in [4.69, 9.17) is 0 Å². The quantitative estimate of drug-likeness (QED) is 0.810. The maximum absolute atomic E-state index is 11.7. The van der Waals surface area contributed by atoms with E-state index in [1.807, 2.05) is 0 Å². The minimum atomic E-state index is -1.29. The van der Waals surface area contributed by atoms with Crippen LogP contribution in [0, 0.1) is 0 Å². The van der Waals surface area contributed by atoms with Gasteiger partial charge in [0.25, 0.3) is 0 Å². The number of allylic oxidation sites excluding steroid dienone is 1. The normalized spacial score (nSPS) is 15.0. The van der Waals surface area contributed by atoms with Crippen molar-refractivity contribution in [1.29, 1.82) is 0 Å². The Kier molecular flexibility index (Phi) is 4.65. The standard InChI is InChI=1S/C11H12O2S2/c1-3-9-15(13)11-8-6-5-7-10(11)14(12)4-2/h3-9H,2H2,1H3. The number of hydrogen-bond acceptors (Lipinski definition) is 2. The van der Waals surface area contributed by atoms with Crippen LogP contribution in [0.5, 0.6) is 0 Å². The SMILES string of the molecule is C=CS(=O)c1ccccc1S(=O)C=CC. The Morgan fingerprint density at radius 2 is 1.67 bits per heavy atom. The fraction of sp³-hybridized carbons (Fsp3) is 0.0909. The van der Waals surface area contributed by atoms with Crippen LogP contribution in [-0.4, -0.2) is 8.42 Å². The Morgan fingerprint density at radius 3 is 2.13 bits per heavy atom. The van der Waals surface area contributed by atoms with E-state index in [1.54, 1.807) is 42.7 Å². The Bertz CT molecular complexity index is 436. The van der Waals surface area contributed by atoms with Crippen LogP contribution < -0.4 is 0 Å². The monoisotopic (exact) mass is 240 g/mol. The summed E-state index contributed by atoms with van der Waals surface area (Å²) < 4.78 is 23.3. The first kappa shape index (κ1) is 12.1. The minimum absolute atomic E-state index is 0.559. The summed E-state index contributed by atoms with van der Waals surface area (Å²) in [4.78, 5) is 1.14.